The first-order valence-corrected chi connectivity index (χ1v) is 6.04. The Kier molecular flexibility index (Phi) is 2.56. The van der Waals surface area contributed by atoms with Crippen LogP contribution in [0, 0.1) is 0 Å². The number of allylic oxidation sites excluding steroid dienone is 1. The third-order valence-corrected chi connectivity index (χ3v) is 3.40. The van der Waals surface area contributed by atoms with E-state index in [0.717, 1.165) is 22.4 Å². The first-order valence-electron chi connectivity index (χ1n) is 5.67. The summed E-state index contributed by atoms with van der Waals surface area (Å²) in [5, 5.41) is 4.76. The van der Waals surface area contributed by atoms with Crippen LogP contribution in [0.4, 0.5) is 0 Å². The van der Waals surface area contributed by atoms with Gasteiger partial charge in [-0.3, -0.25) is 9.48 Å². The smallest absolute Gasteiger partial charge is 0.189 e. The molecular formula is C14H11ClN2O. The monoisotopic (exact) mass is 258 g/mol. The van der Waals surface area contributed by atoms with Crippen molar-refractivity contribution in [3.63, 3.8) is 0 Å². The first-order chi connectivity index (χ1) is 8.65. The van der Waals surface area contributed by atoms with Gasteiger partial charge in [-0.1, -0.05) is 11.6 Å². The van der Waals surface area contributed by atoms with Gasteiger partial charge in [0, 0.05) is 35.8 Å². The molecule has 3 nitrogen and oxygen atoms in total. The second-order valence-electron chi connectivity index (χ2n) is 4.36. The molecule has 1 aliphatic carbocycles. The van der Waals surface area contributed by atoms with E-state index < -0.39 is 0 Å². The van der Waals surface area contributed by atoms with Gasteiger partial charge in [-0.25, -0.2) is 0 Å². The number of carbonyl (C=O) groups excluding carboxylic acids is 1. The molecule has 0 spiro atoms. The highest BCUT2D eigenvalue weighted by Crippen LogP contribution is 2.29. The summed E-state index contributed by atoms with van der Waals surface area (Å²) in [7, 11) is 1.86. The van der Waals surface area contributed by atoms with Crippen LogP contribution < -0.4 is 0 Å². The van der Waals surface area contributed by atoms with Crippen molar-refractivity contribution >= 4 is 23.5 Å². The lowest BCUT2D eigenvalue weighted by Crippen LogP contribution is -1.98. The summed E-state index contributed by atoms with van der Waals surface area (Å²) in [6.07, 6.45) is 4.25. The molecule has 0 aliphatic heterocycles. The van der Waals surface area contributed by atoms with Crippen LogP contribution in [0.15, 0.2) is 36.0 Å². The van der Waals surface area contributed by atoms with E-state index in [1.54, 1.807) is 23.0 Å². The molecule has 0 amide bonds. The van der Waals surface area contributed by atoms with Crippen LogP contribution in [0.5, 0.6) is 0 Å². The lowest BCUT2D eigenvalue weighted by atomic mass is 10.1. The Morgan fingerprint density at radius 3 is 2.94 bits per heavy atom. The molecule has 0 radical (unpaired) electrons. The van der Waals surface area contributed by atoms with Crippen LogP contribution in [-0.2, 0) is 13.5 Å². The van der Waals surface area contributed by atoms with E-state index in [-0.39, 0.29) is 5.78 Å². The first kappa shape index (κ1) is 11.2. The fraction of sp³-hybridized carbons (Fsp3) is 0.143. The zero-order chi connectivity index (χ0) is 12.7. The molecule has 1 aromatic carbocycles. The van der Waals surface area contributed by atoms with Crippen LogP contribution in [0.25, 0.3) is 6.08 Å². The second-order valence-corrected chi connectivity index (χ2v) is 4.79. The van der Waals surface area contributed by atoms with Gasteiger partial charge in [-0.15, -0.1) is 0 Å². The van der Waals surface area contributed by atoms with Crippen LogP contribution in [0.3, 0.4) is 0 Å². The zero-order valence-corrected chi connectivity index (χ0v) is 10.6. The van der Waals surface area contributed by atoms with E-state index in [1.165, 1.54) is 0 Å². The van der Waals surface area contributed by atoms with Gasteiger partial charge < -0.3 is 0 Å². The number of ketones is 1. The van der Waals surface area contributed by atoms with Gasteiger partial charge in [0.15, 0.2) is 5.78 Å². The third-order valence-electron chi connectivity index (χ3n) is 3.17. The van der Waals surface area contributed by atoms with E-state index in [9.17, 15) is 4.79 Å². The normalized spacial score (nSPS) is 16.3. The maximum Gasteiger partial charge on any atom is 0.189 e. The molecule has 0 atom stereocenters. The number of benzene rings is 1. The van der Waals surface area contributed by atoms with Crippen molar-refractivity contribution in [3.05, 3.63) is 57.9 Å². The summed E-state index contributed by atoms with van der Waals surface area (Å²) in [6.45, 7) is 0. The molecular weight excluding hydrogens is 248 g/mol. The number of carbonyl (C=O) groups is 1. The highest BCUT2D eigenvalue weighted by molar-refractivity contribution is 6.31. The predicted molar refractivity (Wildman–Crippen MR) is 70.7 cm³/mol. The fourth-order valence-corrected chi connectivity index (χ4v) is 2.40. The summed E-state index contributed by atoms with van der Waals surface area (Å²) in [5.41, 5.74) is 3.47. The molecule has 1 aliphatic rings. The van der Waals surface area contributed by atoms with E-state index in [1.807, 2.05) is 25.3 Å². The summed E-state index contributed by atoms with van der Waals surface area (Å²) in [6, 6.07) is 7.30. The molecule has 0 bridgehead atoms. The van der Waals surface area contributed by atoms with Crippen LogP contribution >= 0.6 is 11.6 Å². The van der Waals surface area contributed by atoms with E-state index in [4.69, 9.17) is 11.6 Å². The minimum Gasteiger partial charge on any atom is -0.289 e. The number of aromatic nitrogens is 2. The minimum absolute atomic E-state index is 0.0860. The number of halogens is 1. The molecule has 0 saturated carbocycles. The predicted octanol–water partition coefficient (Wildman–Crippen LogP) is 2.90. The molecule has 0 unspecified atom stereocenters. The largest absolute Gasteiger partial charge is 0.289 e. The molecule has 90 valence electrons. The SMILES string of the molecule is Cn1nccc1/C=C1/Cc2cc(Cl)ccc2C1=O. The summed E-state index contributed by atoms with van der Waals surface area (Å²) >= 11 is 5.94. The summed E-state index contributed by atoms with van der Waals surface area (Å²) < 4.78 is 1.75. The van der Waals surface area contributed by atoms with E-state index >= 15 is 0 Å². The average molecular weight is 259 g/mol. The van der Waals surface area contributed by atoms with Crippen molar-refractivity contribution < 1.29 is 4.79 Å². The summed E-state index contributed by atoms with van der Waals surface area (Å²) in [5.74, 6) is 0.0860. The average Bonchev–Trinajstić information content (AvgIpc) is 2.86. The molecule has 1 aromatic heterocycles. The number of fused-ring (bicyclic) bond motifs is 1. The lowest BCUT2D eigenvalue weighted by molar-refractivity contribution is 0.104. The Bertz CT molecular complexity index is 670. The van der Waals surface area contributed by atoms with Crippen LogP contribution in [0.2, 0.25) is 5.02 Å². The maximum absolute atomic E-state index is 12.2. The van der Waals surface area contributed by atoms with Crippen molar-refractivity contribution in [1.29, 1.82) is 0 Å². The van der Waals surface area contributed by atoms with Gasteiger partial charge in [-0.05, 0) is 35.9 Å². The van der Waals surface area contributed by atoms with Gasteiger partial charge >= 0.3 is 0 Å². The molecule has 18 heavy (non-hydrogen) atoms. The highest BCUT2D eigenvalue weighted by Gasteiger charge is 2.24. The Balaban J connectivity index is 2.02. The molecule has 1 heterocycles. The standard InChI is InChI=1S/C14H11ClN2O/c1-17-12(4-5-16-17)8-10-6-9-7-11(15)2-3-13(9)14(10)18/h2-5,7-8H,6H2,1H3/b10-8-. The molecule has 2 aromatic rings. The quantitative estimate of drug-likeness (QED) is 0.737. The van der Waals surface area contributed by atoms with Gasteiger partial charge in [0.1, 0.15) is 0 Å². The Labute approximate surface area is 110 Å². The number of nitrogens with zero attached hydrogens (tertiary/aromatic N) is 2. The van der Waals surface area contributed by atoms with Crippen molar-refractivity contribution in [3.8, 4) is 0 Å². The number of rotatable bonds is 1. The molecule has 0 saturated heterocycles. The molecule has 3 rings (SSSR count). The van der Waals surface area contributed by atoms with Crippen molar-refractivity contribution in [1.82, 2.24) is 9.78 Å². The van der Waals surface area contributed by atoms with Gasteiger partial charge in [0.25, 0.3) is 0 Å². The maximum atomic E-state index is 12.2. The van der Waals surface area contributed by atoms with Gasteiger partial charge in [-0.2, -0.15) is 5.10 Å². The number of hydrogen-bond donors (Lipinski definition) is 0. The minimum atomic E-state index is 0.0860. The van der Waals surface area contributed by atoms with Crippen LogP contribution in [0.1, 0.15) is 21.6 Å². The van der Waals surface area contributed by atoms with Crippen molar-refractivity contribution in [2.24, 2.45) is 7.05 Å². The van der Waals surface area contributed by atoms with Crippen molar-refractivity contribution in [2.75, 3.05) is 0 Å². The van der Waals surface area contributed by atoms with Gasteiger partial charge in [0.2, 0.25) is 0 Å². The molecule has 0 fully saturated rings. The second kappa shape index (κ2) is 4.10. The Morgan fingerprint density at radius 1 is 1.39 bits per heavy atom. The third kappa shape index (κ3) is 1.77. The van der Waals surface area contributed by atoms with Gasteiger partial charge in [0.05, 0.1) is 5.69 Å². The highest BCUT2D eigenvalue weighted by atomic mass is 35.5. The fourth-order valence-electron chi connectivity index (χ4n) is 2.21. The molecule has 4 heteroatoms. The number of hydrogen-bond acceptors (Lipinski definition) is 2. The van der Waals surface area contributed by atoms with E-state index in [0.29, 0.717) is 11.4 Å². The molecule has 0 N–H and O–H groups in total. The lowest BCUT2D eigenvalue weighted by Gasteiger charge is -1.97. The van der Waals surface area contributed by atoms with E-state index in [2.05, 4.69) is 5.10 Å². The topological polar surface area (TPSA) is 34.9 Å². The van der Waals surface area contributed by atoms with Crippen molar-refractivity contribution in [2.45, 2.75) is 6.42 Å². The summed E-state index contributed by atoms with van der Waals surface area (Å²) in [4.78, 5) is 12.2. The zero-order valence-electron chi connectivity index (χ0n) is 9.85. The number of aryl methyl sites for hydroxylation is 1. The van der Waals surface area contributed by atoms with Crippen LogP contribution in [-0.4, -0.2) is 15.6 Å². The Morgan fingerprint density at radius 2 is 2.22 bits per heavy atom. The number of Topliss-reactive ketones (excluding diaryl/α,β-unsaturated/α-hetero) is 1. The Hall–Kier alpha value is -1.87.